The van der Waals surface area contributed by atoms with Crippen molar-refractivity contribution in [2.45, 2.75) is 19.8 Å². The van der Waals surface area contributed by atoms with Crippen molar-refractivity contribution in [3.63, 3.8) is 0 Å². The molecular formula is C24H30O8. The van der Waals surface area contributed by atoms with E-state index in [9.17, 15) is 9.90 Å². The van der Waals surface area contributed by atoms with Gasteiger partial charge >= 0.3 is 0 Å². The first kappa shape index (κ1) is 24.7. The van der Waals surface area contributed by atoms with Crippen LogP contribution in [-0.2, 0) is 0 Å². The van der Waals surface area contributed by atoms with Gasteiger partial charge in [0.15, 0.2) is 28.8 Å². The van der Waals surface area contributed by atoms with E-state index in [0.717, 1.165) is 12.8 Å². The summed E-state index contributed by atoms with van der Waals surface area (Å²) in [4.78, 5) is 13.0. The fraction of sp³-hybridized carbons (Fsp3) is 0.375. The number of benzene rings is 2. The Bertz CT molecular complexity index is 965. The van der Waals surface area contributed by atoms with Crippen LogP contribution in [0.3, 0.4) is 0 Å². The number of aromatic hydroxyl groups is 1. The van der Waals surface area contributed by atoms with Gasteiger partial charge in [-0.3, -0.25) is 4.79 Å². The van der Waals surface area contributed by atoms with E-state index in [0.29, 0.717) is 23.7 Å². The van der Waals surface area contributed by atoms with Crippen LogP contribution in [0.15, 0.2) is 24.3 Å². The summed E-state index contributed by atoms with van der Waals surface area (Å²) in [6, 6.07) is 5.35. The topological polar surface area (TPSA) is 92.7 Å². The Hall–Kier alpha value is -3.55. The van der Waals surface area contributed by atoms with Gasteiger partial charge in [-0.25, -0.2) is 0 Å². The molecule has 0 heterocycles. The van der Waals surface area contributed by atoms with E-state index in [-0.39, 0.29) is 28.6 Å². The lowest BCUT2D eigenvalue weighted by Crippen LogP contribution is -2.06. The maximum absolute atomic E-state index is 13.0. The van der Waals surface area contributed by atoms with Crippen LogP contribution in [0.4, 0.5) is 0 Å². The number of ketones is 1. The zero-order valence-electron chi connectivity index (χ0n) is 19.3. The van der Waals surface area contributed by atoms with Gasteiger partial charge in [-0.2, -0.15) is 0 Å². The minimum absolute atomic E-state index is 0.0304. The van der Waals surface area contributed by atoms with Gasteiger partial charge in [-0.15, -0.1) is 0 Å². The molecule has 0 aliphatic rings. The maximum atomic E-state index is 13.0. The highest BCUT2D eigenvalue weighted by atomic mass is 16.5. The molecule has 0 unspecified atom stereocenters. The van der Waals surface area contributed by atoms with E-state index in [2.05, 4.69) is 6.92 Å². The van der Waals surface area contributed by atoms with E-state index in [1.165, 1.54) is 34.5 Å². The van der Waals surface area contributed by atoms with Gasteiger partial charge < -0.3 is 33.5 Å². The van der Waals surface area contributed by atoms with Gasteiger partial charge in [-0.1, -0.05) is 25.5 Å². The molecule has 0 saturated heterocycles. The van der Waals surface area contributed by atoms with Crippen LogP contribution in [0, 0.1) is 0 Å². The minimum Gasteiger partial charge on any atom is -0.504 e. The third-order valence-electron chi connectivity index (χ3n) is 4.73. The van der Waals surface area contributed by atoms with E-state index >= 15 is 0 Å². The average Bonchev–Trinajstić information content (AvgIpc) is 2.81. The fourth-order valence-electron chi connectivity index (χ4n) is 3.12. The monoisotopic (exact) mass is 446 g/mol. The Morgan fingerprint density at radius 2 is 1.50 bits per heavy atom. The summed E-state index contributed by atoms with van der Waals surface area (Å²) < 4.78 is 32.3. The van der Waals surface area contributed by atoms with E-state index < -0.39 is 11.5 Å². The number of ether oxygens (including phenoxy) is 6. The number of carbonyl (C=O) groups excluding carboxylic acids is 1. The lowest BCUT2D eigenvalue weighted by atomic mass is 10.0. The van der Waals surface area contributed by atoms with Crippen LogP contribution in [-0.4, -0.2) is 53.0 Å². The second-order valence-electron chi connectivity index (χ2n) is 6.67. The summed E-state index contributed by atoms with van der Waals surface area (Å²) in [5.74, 6) is 0.531. The van der Waals surface area contributed by atoms with Crippen LogP contribution >= 0.6 is 0 Å². The summed E-state index contributed by atoms with van der Waals surface area (Å²) in [6.07, 6.45) is 4.89. The summed E-state index contributed by atoms with van der Waals surface area (Å²) in [6.45, 7) is 2.69. The Balaban J connectivity index is 2.42. The average molecular weight is 446 g/mol. The molecule has 174 valence electrons. The van der Waals surface area contributed by atoms with E-state index in [1.54, 1.807) is 31.4 Å². The molecule has 0 saturated carbocycles. The van der Waals surface area contributed by atoms with Crippen molar-refractivity contribution in [2.24, 2.45) is 0 Å². The van der Waals surface area contributed by atoms with Crippen molar-refractivity contribution in [3.05, 3.63) is 35.4 Å². The highest BCUT2D eigenvalue weighted by molar-refractivity contribution is 6.12. The Kier molecular flexibility index (Phi) is 9.07. The molecule has 0 aliphatic heterocycles. The predicted octanol–water partition coefficient (Wildman–Crippen LogP) is 4.51. The number of unbranched alkanes of at least 4 members (excludes halogenated alkanes) is 1. The SMILES string of the molecule is CCCCOc1ccc(/C=C/C(=O)c2c(O)c(OC)c(OC)c(OC)c2OC)cc1OC. The van der Waals surface area contributed by atoms with Crippen LogP contribution in [0.1, 0.15) is 35.7 Å². The molecule has 2 rings (SSSR count). The molecule has 8 heteroatoms. The van der Waals surface area contributed by atoms with Gasteiger partial charge in [0.2, 0.25) is 17.2 Å². The smallest absolute Gasteiger partial charge is 0.211 e. The van der Waals surface area contributed by atoms with Gasteiger partial charge in [0.1, 0.15) is 5.56 Å². The van der Waals surface area contributed by atoms with Crippen LogP contribution in [0.2, 0.25) is 0 Å². The third-order valence-corrected chi connectivity index (χ3v) is 4.73. The van der Waals surface area contributed by atoms with E-state index in [1.807, 2.05) is 0 Å². The zero-order valence-corrected chi connectivity index (χ0v) is 19.3. The number of allylic oxidation sites excluding steroid dienone is 1. The summed E-state index contributed by atoms with van der Waals surface area (Å²) >= 11 is 0. The number of phenols is 1. The molecule has 0 atom stereocenters. The minimum atomic E-state index is -0.513. The highest BCUT2D eigenvalue weighted by Gasteiger charge is 2.30. The molecule has 0 amide bonds. The molecule has 0 aromatic heterocycles. The van der Waals surface area contributed by atoms with Crippen molar-refractivity contribution in [3.8, 4) is 40.2 Å². The molecule has 0 aliphatic carbocycles. The van der Waals surface area contributed by atoms with E-state index in [4.69, 9.17) is 28.4 Å². The molecule has 2 aromatic rings. The van der Waals surface area contributed by atoms with Gasteiger partial charge in [0, 0.05) is 0 Å². The molecule has 32 heavy (non-hydrogen) atoms. The van der Waals surface area contributed by atoms with Gasteiger partial charge in [0.05, 0.1) is 42.2 Å². The second-order valence-corrected chi connectivity index (χ2v) is 6.67. The standard InChI is InChI=1S/C24H30O8/c1-7-8-13-32-17-12-10-15(14-18(17)27-2)9-11-16(25)19-20(26)22(29-4)24(31-6)23(30-5)21(19)28-3/h9-12,14,26H,7-8,13H2,1-6H3/b11-9+. The lowest BCUT2D eigenvalue weighted by molar-refractivity contribution is 0.104. The van der Waals surface area contributed by atoms with Crippen molar-refractivity contribution < 1.29 is 38.3 Å². The number of phenolic OH excluding ortho intramolecular Hbond substituents is 1. The zero-order chi connectivity index (χ0) is 23.7. The lowest BCUT2D eigenvalue weighted by Gasteiger charge is -2.19. The summed E-state index contributed by atoms with van der Waals surface area (Å²) in [7, 11) is 7.07. The Morgan fingerprint density at radius 3 is 2.06 bits per heavy atom. The number of methoxy groups -OCH3 is 5. The number of hydrogen-bond donors (Lipinski definition) is 1. The van der Waals surface area contributed by atoms with Crippen LogP contribution in [0.25, 0.3) is 6.08 Å². The van der Waals surface area contributed by atoms with Crippen molar-refractivity contribution in [2.75, 3.05) is 42.2 Å². The highest BCUT2D eigenvalue weighted by Crippen LogP contribution is 2.53. The third kappa shape index (κ3) is 5.19. The molecule has 2 aromatic carbocycles. The largest absolute Gasteiger partial charge is 0.504 e. The first-order valence-electron chi connectivity index (χ1n) is 10.1. The van der Waals surface area contributed by atoms with Crippen molar-refractivity contribution in [1.29, 1.82) is 0 Å². The van der Waals surface area contributed by atoms with Crippen LogP contribution in [0.5, 0.6) is 40.2 Å². The predicted molar refractivity (Wildman–Crippen MR) is 121 cm³/mol. The normalized spacial score (nSPS) is 10.7. The number of carbonyl (C=O) groups is 1. The molecule has 1 N–H and O–H groups in total. The Labute approximate surface area is 188 Å². The Morgan fingerprint density at radius 1 is 0.875 bits per heavy atom. The number of rotatable bonds is 12. The molecule has 0 radical (unpaired) electrons. The van der Waals surface area contributed by atoms with Gasteiger partial charge in [-0.05, 0) is 30.2 Å². The fourth-order valence-corrected chi connectivity index (χ4v) is 3.12. The maximum Gasteiger partial charge on any atom is 0.211 e. The first-order valence-corrected chi connectivity index (χ1v) is 10.1. The van der Waals surface area contributed by atoms with Crippen molar-refractivity contribution in [1.82, 2.24) is 0 Å². The molecule has 0 spiro atoms. The molecule has 0 fully saturated rings. The summed E-state index contributed by atoms with van der Waals surface area (Å²) in [5.41, 5.74) is 0.605. The summed E-state index contributed by atoms with van der Waals surface area (Å²) in [5, 5.41) is 10.7. The quantitative estimate of drug-likeness (QED) is 0.289. The number of hydrogen-bond acceptors (Lipinski definition) is 8. The second kappa shape index (κ2) is 11.7. The first-order chi connectivity index (χ1) is 15.5. The van der Waals surface area contributed by atoms with Crippen molar-refractivity contribution >= 4 is 11.9 Å². The molecule has 0 bridgehead atoms. The molecular weight excluding hydrogens is 416 g/mol. The van der Waals surface area contributed by atoms with Crippen LogP contribution < -0.4 is 28.4 Å². The van der Waals surface area contributed by atoms with Gasteiger partial charge in [0.25, 0.3) is 0 Å². The molecule has 8 nitrogen and oxygen atoms in total.